The number of alkyl carbamates (subject to hydrolysis) is 1. The molecule has 2 unspecified atom stereocenters. The van der Waals surface area contributed by atoms with Gasteiger partial charge < -0.3 is 20.3 Å². The Kier molecular flexibility index (Phi) is 8.34. The van der Waals surface area contributed by atoms with Crippen LogP contribution in [0.2, 0.25) is 0 Å². The molecule has 2 N–H and O–H groups in total. The van der Waals surface area contributed by atoms with Crippen LogP contribution in [0.4, 0.5) is 4.79 Å². The Balaban J connectivity index is 2.36. The number of carbonyl (C=O) groups excluding carboxylic acids is 1. The van der Waals surface area contributed by atoms with Gasteiger partial charge in [0.2, 0.25) is 0 Å². The molecule has 1 aliphatic heterocycles. The molecule has 1 heterocycles. The summed E-state index contributed by atoms with van der Waals surface area (Å²) < 4.78 is 5.30. The fourth-order valence-electron chi connectivity index (χ4n) is 2.98. The number of nitrogens with zero attached hydrogens (tertiary/aromatic N) is 1. The second-order valence-corrected chi connectivity index (χ2v) is 7.91. The second-order valence-electron chi connectivity index (χ2n) is 7.91. The Morgan fingerprint density at radius 1 is 1.26 bits per heavy atom. The largest absolute Gasteiger partial charge is 0.444 e. The van der Waals surface area contributed by atoms with E-state index >= 15 is 0 Å². The summed E-state index contributed by atoms with van der Waals surface area (Å²) >= 11 is 0. The Morgan fingerprint density at radius 2 is 1.96 bits per heavy atom. The number of ether oxygens (including phenoxy) is 1. The molecule has 1 fully saturated rings. The van der Waals surface area contributed by atoms with E-state index in [9.17, 15) is 4.79 Å². The van der Waals surface area contributed by atoms with Crippen molar-refractivity contribution in [2.45, 2.75) is 91.0 Å². The fourth-order valence-corrected chi connectivity index (χ4v) is 2.98. The first-order valence-corrected chi connectivity index (χ1v) is 9.18. The number of amides is 1. The maximum absolute atomic E-state index is 11.8. The highest BCUT2D eigenvalue weighted by Crippen LogP contribution is 2.14. The lowest BCUT2D eigenvalue weighted by Gasteiger charge is -2.26. The SMILES string of the molecule is CCC(CNC(=O)OC(C)(C)C)NC1CCCN(C(C)C)CC1. The summed E-state index contributed by atoms with van der Waals surface area (Å²) in [5, 5.41) is 6.61. The van der Waals surface area contributed by atoms with Crippen molar-refractivity contribution in [1.82, 2.24) is 15.5 Å². The van der Waals surface area contributed by atoms with Crippen molar-refractivity contribution in [1.29, 1.82) is 0 Å². The predicted molar refractivity (Wildman–Crippen MR) is 95.8 cm³/mol. The summed E-state index contributed by atoms with van der Waals surface area (Å²) in [7, 11) is 0. The van der Waals surface area contributed by atoms with Gasteiger partial charge in [0, 0.05) is 24.7 Å². The zero-order valence-corrected chi connectivity index (χ0v) is 15.9. The maximum Gasteiger partial charge on any atom is 0.407 e. The Morgan fingerprint density at radius 3 is 2.52 bits per heavy atom. The molecule has 0 radical (unpaired) electrons. The average Bonchev–Trinajstić information content (AvgIpc) is 2.67. The summed E-state index contributed by atoms with van der Waals surface area (Å²) in [5.41, 5.74) is -0.444. The highest BCUT2D eigenvalue weighted by atomic mass is 16.6. The zero-order chi connectivity index (χ0) is 17.5. The van der Waals surface area contributed by atoms with E-state index in [1.54, 1.807) is 0 Å². The number of hydrogen-bond donors (Lipinski definition) is 2. The molecule has 5 heteroatoms. The van der Waals surface area contributed by atoms with Gasteiger partial charge in [0.05, 0.1) is 0 Å². The molecule has 0 aromatic heterocycles. The molecule has 0 aliphatic carbocycles. The average molecular weight is 328 g/mol. The van der Waals surface area contributed by atoms with Crippen molar-refractivity contribution in [3.05, 3.63) is 0 Å². The van der Waals surface area contributed by atoms with Gasteiger partial charge in [-0.3, -0.25) is 0 Å². The third-order valence-electron chi connectivity index (χ3n) is 4.35. The fraction of sp³-hybridized carbons (Fsp3) is 0.944. The molecule has 0 saturated carbocycles. The van der Waals surface area contributed by atoms with E-state index in [-0.39, 0.29) is 6.09 Å². The molecule has 2 atom stereocenters. The number of hydrogen-bond acceptors (Lipinski definition) is 4. The van der Waals surface area contributed by atoms with Crippen LogP contribution in [0.3, 0.4) is 0 Å². The van der Waals surface area contributed by atoms with Crippen LogP contribution < -0.4 is 10.6 Å². The van der Waals surface area contributed by atoms with Crippen molar-refractivity contribution in [2.24, 2.45) is 0 Å². The molecule has 0 bridgehead atoms. The standard InChI is InChI=1S/C18H37N3O2/c1-7-15(13-19-17(22)23-18(4,5)6)20-16-9-8-11-21(12-10-16)14(2)3/h14-16,20H,7-13H2,1-6H3,(H,19,22). The van der Waals surface area contributed by atoms with E-state index in [1.165, 1.54) is 25.8 Å². The number of carbonyl (C=O) groups is 1. The topological polar surface area (TPSA) is 53.6 Å². The van der Waals surface area contributed by atoms with Gasteiger partial charge in [-0.2, -0.15) is 0 Å². The third-order valence-corrected chi connectivity index (χ3v) is 4.35. The highest BCUT2D eigenvalue weighted by Gasteiger charge is 2.21. The van der Waals surface area contributed by atoms with Crippen molar-refractivity contribution < 1.29 is 9.53 Å². The van der Waals surface area contributed by atoms with E-state index in [1.807, 2.05) is 20.8 Å². The molecular weight excluding hydrogens is 290 g/mol. The normalized spacial score (nSPS) is 21.8. The molecular formula is C18H37N3O2. The van der Waals surface area contributed by atoms with Crippen molar-refractivity contribution in [3.63, 3.8) is 0 Å². The lowest BCUT2D eigenvalue weighted by molar-refractivity contribution is 0.0521. The van der Waals surface area contributed by atoms with Crippen LogP contribution in [-0.2, 0) is 4.74 Å². The van der Waals surface area contributed by atoms with Crippen molar-refractivity contribution in [3.8, 4) is 0 Å². The smallest absolute Gasteiger partial charge is 0.407 e. The summed E-state index contributed by atoms with van der Waals surface area (Å²) in [6.07, 6.45) is 4.31. The zero-order valence-electron chi connectivity index (χ0n) is 15.9. The van der Waals surface area contributed by atoms with Crippen molar-refractivity contribution in [2.75, 3.05) is 19.6 Å². The van der Waals surface area contributed by atoms with Crippen LogP contribution in [-0.4, -0.2) is 54.4 Å². The van der Waals surface area contributed by atoms with Gasteiger partial charge in [-0.15, -0.1) is 0 Å². The highest BCUT2D eigenvalue weighted by molar-refractivity contribution is 5.67. The Bertz CT molecular complexity index is 353. The van der Waals surface area contributed by atoms with E-state index in [2.05, 4.69) is 36.3 Å². The van der Waals surface area contributed by atoms with Crippen LogP contribution in [0.25, 0.3) is 0 Å². The number of likely N-dealkylation sites (tertiary alicyclic amines) is 1. The van der Waals surface area contributed by atoms with Gasteiger partial charge in [0.1, 0.15) is 5.60 Å². The summed E-state index contributed by atoms with van der Waals surface area (Å²) in [5.74, 6) is 0. The van der Waals surface area contributed by atoms with Crippen LogP contribution in [0, 0.1) is 0 Å². The Hall–Kier alpha value is -0.810. The lowest BCUT2D eigenvalue weighted by Crippen LogP contribution is -2.46. The molecule has 0 spiro atoms. The van der Waals surface area contributed by atoms with E-state index in [0.717, 1.165) is 13.0 Å². The molecule has 136 valence electrons. The monoisotopic (exact) mass is 327 g/mol. The van der Waals surface area contributed by atoms with Crippen LogP contribution in [0.5, 0.6) is 0 Å². The van der Waals surface area contributed by atoms with Crippen molar-refractivity contribution >= 4 is 6.09 Å². The van der Waals surface area contributed by atoms with Gasteiger partial charge in [-0.1, -0.05) is 6.92 Å². The van der Waals surface area contributed by atoms with Gasteiger partial charge in [0.25, 0.3) is 0 Å². The third kappa shape index (κ3) is 8.56. The first-order chi connectivity index (χ1) is 10.7. The molecule has 0 aromatic carbocycles. The van der Waals surface area contributed by atoms with Crippen LogP contribution in [0.1, 0.15) is 67.2 Å². The summed E-state index contributed by atoms with van der Waals surface area (Å²) in [6, 6.07) is 1.48. The van der Waals surface area contributed by atoms with Gasteiger partial charge >= 0.3 is 6.09 Å². The minimum Gasteiger partial charge on any atom is -0.444 e. The van der Waals surface area contributed by atoms with E-state index in [0.29, 0.717) is 24.7 Å². The quantitative estimate of drug-likeness (QED) is 0.787. The molecule has 1 rings (SSSR count). The van der Waals surface area contributed by atoms with Crippen LogP contribution >= 0.6 is 0 Å². The minimum absolute atomic E-state index is 0.304. The minimum atomic E-state index is -0.444. The molecule has 5 nitrogen and oxygen atoms in total. The first kappa shape index (κ1) is 20.2. The number of rotatable bonds is 6. The first-order valence-electron chi connectivity index (χ1n) is 9.18. The molecule has 1 saturated heterocycles. The molecule has 23 heavy (non-hydrogen) atoms. The van der Waals surface area contributed by atoms with E-state index < -0.39 is 5.60 Å². The summed E-state index contributed by atoms with van der Waals surface area (Å²) in [4.78, 5) is 14.3. The maximum atomic E-state index is 11.8. The second kappa shape index (κ2) is 9.48. The molecule has 1 aliphatic rings. The van der Waals surface area contributed by atoms with Gasteiger partial charge in [0.15, 0.2) is 0 Å². The molecule has 0 aromatic rings. The van der Waals surface area contributed by atoms with Gasteiger partial charge in [-0.25, -0.2) is 4.79 Å². The number of nitrogens with one attached hydrogen (secondary N) is 2. The van der Waals surface area contributed by atoms with Gasteiger partial charge in [-0.05, 0) is 73.4 Å². The van der Waals surface area contributed by atoms with Crippen LogP contribution in [0.15, 0.2) is 0 Å². The Labute approximate surface area is 142 Å². The summed E-state index contributed by atoms with van der Waals surface area (Å²) in [6.45, 7) is 15.3. The molecule has 1 amide bonds. The predicted octanol–water partition coefficient (Wildman–Crippen LogP) is 3.14. The van der Waals surface area contributed by atoms with E-state index in [4.69, 9.17) is 4.74 Å². The lowest BCUT2D eigenvalue weighted by atomic mass is 10.1.